The van der Waals surface area contributed by atoms with Gasteiger partial charge < -0.3 is 29.5 Å². The number of hydrogen-bond acceptors (Lipinski definition) is 9. The second kappa shape index (κ2) is 9.33. The molecule has 0 heterocycles. The van der Waals surface area contributed by atoms with E-state index in [1.165, 1.54) is 20.8 Å². The van der Waals surface area contributed by atoms with Crippen LogP contribution in [-0.2, 0) is 28.6 Å². The Hall–Kier alpha value is -2.23. The summed E-state index contributed by atoms with van der Waals surface area (Å²) in [5.41, 5.74) is -0.438. The fourth-order valence-electron chi connectivity index (χ4n) is 7.13. The number of aliphatic hydroxyl groups excluding tert-OH is 3. The number of rotatable bonds is 3. The Kier molecular flexibility index (Phi) is 7.30. The third-order valence-corrected chi connectivity index (χ3v) is 8.23. The standard InChI is InChI=1S/C26H38O9/c1-11-9-17(33-13(3)27)20-23(35-15(5)29)19-12(2)22(34-14(4)28)16(30)10-26(19,8)24(32)21(31)18(11)25(20,6)7/h16-17,19-24,30-32H,2,9-10H2,1,3-8H3/t16-,17-,19-,20-,21+,22+,23-,24-,26+/m0/s1. The van der Waals surface area contributed by atoms with Crippen LogP contribution in [0, 0.1) is 22.7 Å². The van der Waals surface area contributed by atoms with Gasteiger partial charge in [-0.05, 0) is 29.9 Å². The average Bonchev–Trinajstić information content (AvgIpc) is 2.67. The van der Waals surface area contributed by atoms with Crippen LogP contribution in [0.25, 0.3) is 0 Å². The summed E-state index contributed by atoms with van der Waals surface area (Å²) in [6, 6.07) is 0. The molecule has 3 aliphatic carbocycles. The van der Waals surface area contributed by atoms with E-state index in [2.05, 4.69) is 6.58 Å². The van der Waals surface area contributed by atoms with Crippen LogP contribution < -0.4 is 0 Å². The molecular formula is C26H38O9. The first-order chi connectivity index (χ1) is 16.0. The predicted octanol–water partition coefficient (Wildman–Crippen LogP) is 1.82. The maximum atomic E-state index is 12.4. The first-order valence-electron chi connectivity index (χ1n) is 12.0. The van der Waals surface area contributed by atoms with Crippen LogP contribution in [0.4, 0.5) is 0 Å². The molecular weight excluding hydrogens is 456 g/mol. The number of carbonyl (C=O) groups is 3. The molecule has 9 nitrogen and oxygen atoms in total. The van der Waals surface area contributed by atoms with E-state index in [1.807, 2.05) is 20.8 Å². The van der Waals surface area contributed by atoms with Crippen molar-refractivity contribution in [1.29, 1.82) is 0 Å². The summed E-state index contributed by atoms with van der Waals surface area (Å²) in [7, 11) is 0. The van der Waals surface area contributed by atoms with Crippen molar-refractivity contribution in [2.24, 2.45) is 22.7 Å². The van der Waals surface area contributed by atoms with Gasteiger partial charge in [0, 0.05) is 44.4 Å². The zero-order valence-electron chi connectivity index (χ0n) is 21.5. The second-order valence-electron chi connectivity index (χ2n) is 11.1. The van der Waals surface area contributed by atoms with Crippen molar-refractivity contribution < 1.29 is 43.9 Å². The summed E-state index contributed by atoms with van der Waals surface area (Å²) in [5, 5.41) is 34.0. The molecule has 3 aliphatic rings. The molecule has 0 aromatic rings. The van der Waals surface area contributed by atoms with Gasteiger partial charge in [-0.3, -0.25) is 14.4 Å². The highest BCUT2D eigenvalue weighted by Gasteiger charge is 2.64. The van der Waals surface area contributed by atoms with E-state index in [1.54, 1.807) is 6.92 Å². The summed E-state index contributed by atoms with van der Waals surface area (Å²) in [5.74, 6) is -3.15. The van der Waals surface area contributed by atoms with Gasteiger partial charge in [-0.1, -0.05) is 32.9 Å². The van der Waals surface area contributed by atoms with Crippen molar-refractivity contribution >= 4 is 17.9 Å². The lowest BCUT2D eigenvalue weighted by molar-refractivity contribution is -0.207. The Bertz CT molecular complexity index is 950. The van der Waals surface area contributed by atoms with Gasteiger partial charge >= 0.3 is 17.9 Å². The molecule has 9 heteroatoms. The van der Waals surface area contributed by atoms with Crippen molar-refractivity contribution in [3.05, 3.63) is 23.3 Å². The molecule has 196 valence electrons. The molecule has 2 fully saturated rings. The minimum Gasteiger partial charge on any atom is -0.462 e. The molecule has 0 saturated heterocycles. The van der Waals surface area contributed by atoms with Gasteiger partial charge in [0.05, 0.1) is 12.2 Å². The van der Waals surface area contributed by atoms with Crippen LogP contribution in [0.15, 0.2) is 23.3 Å². The van der Waals surface area contributed by atoms with Gasteiger partial charge in [0.2, 0.25) is 0 Å². The van der Waals surface area contributed by atoms with E-state index in [0.29, 0.717) is 5.57 Å². The van der Waals surface area contributed by atoms with Crippen LogP contribution in [0.3, 0.4) is 0 Å². The third-order valence-electron chi connectivity index (χ3n) is 8.23. The number of fused-ring (bicyclic) bond motifs is 3. The fraction of sp³-hybridized carbons (Fsp3) is 0.731. The van der Waals surface area contributed by atoms with Gasteiger partial charge in [-0.2, -0.15) is 0 Å². The number of aliphatic hydroxyl groups is 3. The second-order valence-corrected chi connectivity index (χ2v) is 11.1. The molecule has 2 saturated carbocycles. The van der Waals surface area contributed by atoms with Crippen LogP contribution in [-0.4, -0.2) is 69.9 Å². The average molecular weight is 495 g/mol. The van der Waals surface area contributed by atoms with E-state index in [9.17, 15) is 29.7 Å². The smallest absolute Gasteiger partial charge is 0.303 e. The topological polar surface area (TPSA) is 140 Å². The molecule has 0 aromatic heterocycles. The lowest BCUT2D eigenvalue weighted by Crippen LogP contribution is -2.66. The molecule has 0 aromatic carbocycles. The van der Waals surface area contributed by atoms with Crippen LogP contribution in [0.1, 0.15) is 61.3 Å². The summed E-state index contributed by atoms with van der Waals surface area (Å²) < 4.78 is 17.1. The summed E-state index contributed by atoms with van der Waals surface area (Å²) >= 11 is 0. The molecule has 0 unspecified atom stereocenters. The zero-order valence-corrected chi connectivity index (χ0v) is 21.5. The summed E-state index contributed by atoms with van der Waals surface area (Å²) in [4.78, 5) is 36.3. The van der Waals surface area contributed by atoms with Crippen LogP contribution in [0.2, 0.25) is 0 Å². The number of ether oxygens (including phenoxy) is 3. The SMILES string of the molecule is C=C1[C@@H](OC(C)=O)[C@@H](O)C[C@@]2(C)[C@@H](O)[C@H](O)C3=C(C)C[C@H](OC(C)=O)[C@@H]([C@@H](OC(C)=O)[C@H]12)C3(C)C. The first-order valence-corrected chi connectivity index (χ1v) is 12.0. The van der Waals surface area contributed by atoms with Gasteiger partial charge in [0.25, 0.3) is 0 Å². The van der Waals surface area contributed by atoms with Crippen molar-refractivity contribution in [3.63, 3.8) is 0 Å². The molecule has 3 N–H and O–H groups in total. The first kappa shape index (κ1) is 27.4. The van der Waals surface area contributed by atoms with E-state index < -0.39 is 77.2 Å². The number of hydrogen-bond donors (Lipinski definition) is 3. The maximum Gasteiger partial charge on any atom is 0.303 e. The number of carbonyl (C=O) groups excluding carboxylic acids is 3. The van der Waals surface area contributed by atoms with E-state index in [4.69, 9.17) is 14.2 Å². The highest BCUT2D eigenvalue weighted by atomic mass is 16.6. The minimum atomic E-state index is -1.36. The Labute approximate surface area is 206 Å². The summed E-state index contributed by atoms with van der Waals surface area (Å²) in [6.07, 6.45) is -6.34. The normalized spacial score (nSPS) is 40.7. The number of esters is 3. The molecule has 0 aliphatic heterocycles. The highest BCUT2D eigenvalue weighted by Crippen LogP contribution is 2.60. The monoisotopic (exact) mass is 494 g/mol. The Balaban J connectivity index is 2.32. The third kappa shape index (κ3) is 4.54. The fourth-order valence-corrected chi connectivity index (χ4v) is 7.13. The Morgan fingerprint density at radius 1 is 0.943 bits per heavy atom. The Morgan fingerprint density at radius 2 is 1.49 bits per heavy atom. The van der Waals surface area contributed by atoms with Gasteiger partial charge in [-0.15, -0.1) is 0 Å². The largest absolute Gasteiger partial charge is 0.462 e. The minimum absolute atomic E-state index is 0.0532. The van der Waals surface area contributed by atoms with E-state index in [-0.39, 0.29) is 18.4 Å². The molecule has 35 heavy (non-hydrogen) atoms. The van der Waals surface area contributed by atoms with Crippen LogP contribution in [0.5, 0.6) is 0 Å². The quantitative estimate of drug-likeness (QED) is 0.304. The van der Waals surface area contributed by atoms with Crippen LogP contribution >= 0.6 is 0 Å². The van der Waals surface area contributed by atoms with Crippen molar-refractivity contribution in [1.82, 2.24) is 0 Å². The molecule has 0 spiro atoms. The van der Waals surface area contributed by atoms with Gasteiger partial charge in [-0.25, -0.2) is 0 Å². The van der Waals surface area contributed by atoms with E-state index in [0.717, 1.165) is 5.57 Å². The lowest BCUT2D eigenvalue weighted by atomic mass is 9.49. The predicted molar refractivity (Wildman–Crippen MR) is 125 cm³/mol. The van der Waals surface area contributed by atoms with Crippen molar-refractivity contribution in [3.8, 4) is 0 Å². The molecule has 0 amide bonds. The Morgan fingerprint density at radius 3 is 2.00 bits per heavy atom. The van der Waals surface area contributed by atoms with Gasteiger partial charge in [0.15, 0.2) is 0 Å². The maximum absolute atomic E-state index is 12.4. The summed E-state index contributed by atoms with van der Waals surface area (Å²) in [6.45, 7) is 15.2. The van der Waals surface area contributed by atoms with Gasteiger partial charge in [0.1, 0.15) is 24.4 Å². The van der Waals surface area contributed by atoms with E-state index >= 15 is 0 Å². The molecule has 2 bridgehead atoms. The van der Waals surface area contributed by atoms with Crippen molar-refractivity contribution in [2.45, 2.75) is 97.9 Å². The van der Waals surface area contributed by atoms with Crippen molar-refractivity contribution in [2.75, 3.05) is 0 Å². The lowest BCUT2D eigenvalue weighted by Gasteiger charge is -2.60. The molecule has 0 radical (unpaired) electrons. The molecule has 9 atom stereocenters. The molecule has 3 rings (SSSR count). The zero-order chi connectivity index (χ0) is 26.6. The highest BCUT2D eigenvalue weighted by molar-refractivity contribution is 5.68.